The Morgan fingerprint density at radius 3 is 3.00 bits per heavy atom. The first-order valence-electron chi connectivity index (χ1n) is 6.19. The molecule has 6 nitrogen and oxygen atoms in total. The summed E-state index contributed by atoms with van der Waals surface area (Å²) in [5, 5.41) is 13.2. The van der Waals surface area contributed by atoms with Crippen LogP contribution in [-0.4, -0.2) is 40.7 Å². The molecule has 3 rings (SSSR count). The number of nitrogens with one attached hydrogen (secondary N) is 1. The quantitative estimate of drug-likeness (QED) is 0.791. The van der Waals surface area contributed by atoms with E-state index in [4.69, 9.17) is 4.74 Å². The summed E-state index contributed by atoms with van der Waals surface area (Å²) in [5.41, 5.74) is 0.829. The van der Waals surface area contributed by atoms with Gasteiger partial charge in [-0.25, -0.2) is 9.78 Å². The van der Waals surface area contributed by atoms with Crippen molar-refractivity contribution in [3.8, 4) is 5.88 Å². The highest BCUT2D eigenvalue weighted by Crippen LogP contribution is 2.23. The zero-order valence-electron chi connectivity index (χ0n) is 10.6. The van der Waals surface area contributed by atoms with Crippen LogP contribution in [0.4, 0.5) is 0 Å². The highest BCUT2D eigenvalue weighted by Gasteiger charge is 2.24. The number of hydrogen-bond donors (Lipinski definition) is 2. The van der Waals surface area contributed by atoms with Gasteiger partial charge in [0.05, 0.1) is 12.6 Å². The highest BCUT2D eigenvalue weighted by atomic mass is 16.5. The highest BCUT2D eigenvalue weighted by molar-refractivity contribution is 5.95. The third-order valence-electron chi connectivity index (χ3n) is 3.43. The van der Waals surface area contributed by atoms with Crippen molar-refractivity contribution in [3.05, 3.63) is 29.7 Å². The molecule has 6 heteroatoms. The number of rotatable bonds is 3. The van der Waals surface area contributed by atoms with Gasteiger partial charge in [0.2, 0.25) is 0 Å². The topological polar surface area (TPSA) is 75.9 Å². The molecule has 3 heterocycles. The summed E-state index contributed by atoms with van der Waals surface area (Å²) < 4.78 is 6.35. The normalized spacial score (nSPS) is 15.4. The third kappa shape index (κ3) is 1.94. The molecule has 2 N–H and O–H groups in total. The van der Waals surface area contributed by atoms with Gasteiger partial charge < -0.3 is 15.2 Å². The van der Waals surface area contributed by atoms with Gasteiger partial charge in [0.15, 0.2) is 11.6 Å². The number of aromatic nitrogens is 2. The molecule has 19 heavy (non-hydrogen) atoms. The number of fused-ring (bicyclic) bond motifs is 1. The van der Waals surface area contributed by atoms with Crippen LogP contribution in [0.3, 0.4) is 0 Å². The number of carbonyl (C=O) groups is 1. The van der Waals surface area contributed by atoms with E-state index in [9.17, 15) is 9.90 Å². The van der Waals surface area contributed by atoms with E-state index in [0.717, 1.165) is 19.5 Å². The Labute approximate surface area is 110 Å². The van der Waals surface area contributed by atoms with E-state index in [0.29, 0.717) is 17.3 Å². The molecule has 0 radical (unpaired) electrons. The molecule has 0 atom stereocenters. The second-order valence-electron chi connectivity index (χ2n) is 4.70. The summed E-state index contributed by atoms with van der Waals surface area (Å²) in [4.78, 5) is 16.1. The maximum atomic E-state index is 11.7. The maximum Gasteiger partial charge on any atom is 0.358 e. The van der Waals surface area contributed by atoms with Gasteiger partial charge in [-0.2, -0.15) is 0 Å². The molecule has 0 amide bonds. The van der Waals surface area contributed by atoms with Gasteiger partial charge in [-0.05, 0) is 31.1 Å². The Morgan fingerprint density at radius 2 is 2.37 bits per heavy atom. The lowest BCUT2D eigenvalue weighted by Gasteiger charge is -2.26. The largest absolute Gasteiger partial charge is 0.494 e. The summed E-state index contributed by atoms with van der Waals surface area (Å²) in [5.74, 6) is 0.791. The molecule has 0 spiro atoms. The molecule has 0 saturated carbocycles. The van der Waals surface area contributed by atoms with Crippen LogP contribution < -0.4 is 5.32 Å². The van der Waals surface area contributed by atoms with Crippen LogP contribution in [0.2, 0.25) is 0 Å². The molecule has 0 aromatic carbocycles. The second-order valence-corrected chi connectivity index (χ2v) is 4.70. The van der Waals surface area contributed by atoms with Crippen molar-refractivity contribution in [3.63, 3.8) is 0 Å². The van der Waals surface area contributed by atoms with E-state index < -0.39 is 5.97 Å². The molecule has 2 aromatic rings. The first-order valence-corrected chi connectivity index (χ1v) is 6.19. The van der Waals surface area contributed by atoms with Gasteiger partial charge in [-0.1, -0.05) is 6.07 Å². The van der Waals surface area contributed by atoms with E-state index in [-0.39, 0.29) is 11.6 Å². The molecule has 1 aliphatic rings. The van der Waals surface area contributed by atoms with Crippen molar-refractivity contribution in [1.82, 2.24) is 14.7 Å². The van der Waals surface area contributed by atoms with Crippen LogP contribution >= 0.6 is 0 Å². The average Bonchev–Trinajstić information content (AvgIpc) is 2.73. The summed E-state index contributed by atoms with van der Waals surface area (Å²) >= 11 is 0. The van der Waals surface area contributed by atoms with E-state index >= 15 is 0 Å². The van der Waals surface area contributed by atoms with Crippen molar-refractivity contribution < 1.29 is 14.6 Å². The number of nitrogens with zero attached hydrogens (tertiary/aromatic N) is 2. The molecular weight excluding hydrogens is 246 g/mol. The monoisotopic (exact) mass is 261 g/mol. The third-order valence-corrected chi connectivity index (χ3v) is 3.43. The minimum atomic E-state index is -0.485. The number of carbonyl (C=O) groups excluding carboxylic acids is 1. The maximum absolute atomic E-state index is 11.7. The van der Waals surface area contributed by atoms with Crippen LogP contribution in [0, 0.1) is 5.92 Å². The van der Waals surface area contributed by atoms with Gasteiger partial charge in [0.1, 0.15) is 5.82 Å². The number of hydrogen-bond acceptors (Lipinski definition) is 5. The van der Waals surface area contributed by atoms with Crippen LogP contribution in [0.15, 0.2) is 18.2 Å². The Hall–Kier alpha value is -2.08. The number of imidazole rings is 1. The number of ether oxygens (including phenoxy) is 1. The molecule has 0 bridgehead atoms. The Morgan fingerprint density at radius 1 is 1.58 bits per heavy atom. The Balaban J connectivity index is 2.11. The molecule has 1 saturated heterocycles. The smallest absolute Gasteiger partial charge is 0.358 e. The van der Waals surface area contributed by atoms with Crippen molar-refractivity contribution in [2.75, 3.05) is 20.2 Å². The van der Waals surface area contributed by atoms with Crippen molar-refractivity contribution >= 4 is 11.5 Å². The van der Waals surface area contributed by atoms with Gasteiger partial charge in [-0.3, -0.25) is 4.40 Å². The van der Waals surface area contributed by atoms with Crippen LogP contribution in [0.25, 0.3) is 5.52 Å². The fourth-order valence-electron chi connectivity index (χ4n) is 2.33. The lowest BCUT2D eigenvalue weighted by molar-refractivity contribution is 0.0596. The SMILES string of the molecule is COC(=O)c1nc(CC2CNC2)n2c(O)cccc12. The van der Waals surface area contributed by atoms with E-state index in [1.165, 1.54) is 7.11 Å². The molecule has 100 valence electrons. The van der Waals surface area contributed by atoms with Gasteiger partial charge in [-0.15, -0.1) is 0 Å². The predicted octanol–water partition coefficient (Wildman–Crippen LogP) is 0.588. The molecule has 0 aliphatic carbocycles. The van der Waals surface area contributed by atoms with Crippen molar-refractivity contribution in [2.45, 2.75) is 6.42 Å². The van der Waals surface area contributed by atoms with Gasteiger partial charge in [0.25, 0.3) is 0 Å². The summed E-state index contributed by atoms with van der Waals surface area (Å²) in [7, 11) is 1.33. The van der Waals surface area contributed by atoms with E-state index in [2.05, 4.69) is 10.3 Å². The summed E-state index contributed by atoms with van der Waals surface area (Å²) in [6, 6.07) is 5.02. The Bertz CT molecular complexity index is 631. The van der Waals surface area contributed by atoms with Crippen LogP contribution in [0.1, 0.15) is 16.3 Å². The summed E-state index contributed by atoms with van der Waals surface area (Å²) in [6.45, 7) is 1.88. The fraction of sp³-hybridized carbons (Fsp3) is 0.385. The number of pyridine rings is 1. The minimum Gasteiger partial charge on any atom is -0.494 e. The number of methoxy groups -OCH3 is 1. The lowest BCUT2D eigenvalue weighted by Crippen LogP contribution is -2.43. The first kappa shape index (κ1) is 12.0. The van der Waals surface area contributed by atoms with Crippen LogP contribution in [0.5, 0.6) is 5.88 Å². The van der Waals surface area contributed by atoms with Gasteiger partial charge >= 0.3 is 5.97 Å². The minimum absolute atomic E-state index is 0.0856. The molecule has 2 aromatic heterocycles. The number of esters is 1. The van der Waals surface area contributed by atoms with E-state index in [1.807, 2.05) is 0 Å². The standard InChI is InChI=1S/C13H15N3O3/c1-19-13(18)12-9-3-2-4-11(17)16(9)10(15-12)5-8-6-14-7-8/h2-4,8,14,17H,5-7H2,1H3. The predicted molar refractivity (Wildman–Crippen MR) is 68.3 cm³/mol. The number of aromatic hydroxyl groups is 1. The zero-order valence-corrected chi connectivity index (χ0v) is 10.6. The molecular formula is C13H15N3O3. The second kappa shape index (κ2) is 4.55. The fourth-order valence-corrected chi connectivity index (χ4v) is 2.33. The Kier molecular flexibility index (Phi) is 2.87. The van der Waals surface area contributed by atoms with Crippen molar-refractivity contribution in [2.24, 2.45) is 5.92 Å². The summed E-state index contributed by atoms with van der Waals surface area (Å²) in [6.07, 6.45) is 0.725. The molecule has 1 fully saturated rings. The molecule has 1 aliphatic heterocycles. The van der Waals surface area contributed by atoms with Crippen LogP contribution in [-0.2, 0) is 11.2 Å². The van der Waals surface area contributed by atoms with Gasteiger partial charge in [0, 0.05) is 6.42 Å². The average molecular weight is 261 g/mol. The van der Waals surface area contributed by atoms with Crippen molar-refractivity contribution in [1.29, 1.82) is 0 Å². The lowest BCUT2D eigenvalue weighted by atomic mass is 9.99. The molecule has 0 unspecified atom stereocenters. The zero-order chi connectivity index (χ0) is 13.4. The van der Waals surface area contributed by atoms with E-state index in [1.54, 1.807) is 22.6 Å². The first-order chi connectivity index (χ1) is 9.20.